The Balaban J connectivity index is 1.75. The van der Waals surface area contributed by atoms with Gasteiger partial charge >= 0.3 is 0 Å². The zero-order valence-corrected chi connectivity index (χ0v) is 13.0. The summed E-state index contributed by atoms with van der Waals surface area (Å²) in [5.41, 5.74) is 2.47. The fourth-order valence-electron chi connectivity index (χ4n) is 2.26. The van der Waals surface area contributed by atoms with Gasteiger partial charge in [-0.3, -0.25) is 0 Å². The smallest absolute Gasteiger partial charge is 0.119 e. The van der Waals surface area contributed by atoms with Gasteiger partial charge in [-0.15, -0.1) is 0 Å². The number of nitrogens with one attached hydrogen (secondary N) is 1. The Morgan fingerprint density at radius 1 is 0.905 bits per heavy atom. The third-order valence-electron chi connectivity index (χ3n) is 3.75. The summed E-state index contributed by atoms with van der Waals surface area (Å²) in [5, 5.41) is 3.25. The van der Waals surface area contributed by atoms with Gasteiger partial charge in [-0.05, 0) is 56.5 Å². The summed E-state index contributed by atoms with van der Waals surface area (Å²) in [6.07, 6.45) is 3.50. The highest BCUT2D eigenvalue weighted by atomic mass is 16.5. The molecule has 0 aliphatic carbocycles. The van der Waals surface area contributed by atoms with Crippen LogP contribution in [0.3, 0.4) is 0 Å². The Kier molecular flexibility index (Phi) is 6.29. The number of unbranched alkanes of at least 4 members (excludes halogenated alkanes) is 1. The lowest BCUT2D eigenvalue weighted by Gasteiger charge is -2.10. The zero-order valence-electron chi connectivity index (χ0n) is 13.0. The highest BCUT2D eigenvalue weighted by molar-refractivity contribution is 5.63. The monoisotopic (exact) mass is 283 g/mol. The van der Waals surface area contributed by atoms with Crippen molar-refractivity contribution in [2.24, 2.45) is 0 Å². The Bertz CT molecular complexity index is 507. The Morgan fingerprint density at radius 3 is 2.24 bits per heavy atom. The molecule has 0 radical (unpaired) electrons. The highest BCUT2D eigenvalue weighted by Gasteiger charge is 2.00. The molecule has 0 saturated heterocycles. The van der Waals surface area contributed by atoms with Gasteiger partial charge in [0.15, 0.2) is 0 Å². The van der Waals surface area contributed by atoms with E-state index in [1.165, 1.54) is 24.0 Å². The van der Waals surface area contributed by atoms with E-state index in [4.69, 9.17) is 4.74 Å². The van der Waals surface area contributed by atoms with Crippen molar-refractivity contribution in [2.75, 3.05) is 13.7 Å². The standard InChI is InChI=1S/C19H25NO/c1-16(20-2)8-6-7-15-21-19-13-11-18(12-14-19)17-9-4-3-5-10-17/h3-5,9-14,16,20H,6-8,15H2,1-2H3. The van der Waals surface area contributed by atoms with Crippen LogP contribution in [0.5, 0.6) is 5.75 Å². The first-order chi connectivity index (χ1) is 10.3. The van der Waals surface area contributed by atoms with E-state index in [1.54, 1.807) is 0 Å². The largest absolute Gasteiger partial charge is 0.494 e. The Morgan fingerprint density at radius 2 is 1.57 bits per heavy atom. The lowest BCUT2D eigenvalue weighted by Crippen LogP contribution is -2.20. The molecule has 0 aliphatic heterocycles. The molecule has 2 aromatic rings. The molecule has 2 nitrogen and oxygen atoms in total. The van der Waals surface area contributed by atoms with Crippen LogP contribution in [0.15, 0.2) is 54.6 Å². The molecule has 21 heavy (non-hydrogen) atoms. The lowest BCUT2D eigenvalue weighted by atomic mass is 10.1. The molecular formula is C19H25NO. The van der Waals surface area contributed by atoms with Crippen LogP contribution in [0.4, 0.5) is 0 Å². The van der Waals surface area contributed by atoms with Gasteiger partial charge in [-0.25, -0.2) is 0 Å². The third kappa shape index (κ3) is 5.24. The predicted octanol–water partition coefficient (Wildman–Crippen LogP) is 4.51. The van der Waals surface area contributed by atoms with Gasteiger partial charge in [0.1, 0.15) is 5.75 Å². The predicted molar refractivity (Wildman–Crippen MR) is 89.7 cm³/mol. The SMILES string of the molecule is CNC(C)CCCCOc1ccc(-c2ccccc2)cc1. The minimum absolute atomic E-state index is 0.593. The maximum Gasteiger partial charge on any atom is 0.119 e. The first kappa shape index (κ1) is 15.6. The normalized spacial score (nSPS) is 12.1. The summed E-state index contributed by atoms with van der Waals surface area (Å²) in [6.45, 7) is 3.00. The second kappa shape index (κ2) is 8.48. The molecule has 1 atom stereocenters. The van der Waals surface area contributed by atoms with Crippen LogP contribution in [-0.4, -0.2) is 19.7 Å². The van der Waals surface area contributed by atoms with Crippen LogP contribution in [-0.2, 0) is 0 Å². The molecule has 0 heterocycles. The number of hydrogen-bond acceptors (Lipinski definition) is 2. The van der Waals surface area contributed by atoms with Crippen LogP contribution in [0.1, 0.15) is 26.2 Å². The molecule has 0 saturated carbocycles. The fraction of sp³-hybridized carbons (Fsp3) is 0.368. The molecule has 0 spiro atoms. The topological polar surface area (TPSA) is 21.3 Å². The number of hydrogen-bond donors (Lipinski definition) is 1. The van der Waals surface area contributed by atoms with Crippen molar-refractivity contribution in [1.29, 1.82) is 0 Å². The van der Waals surface area contributed by atoms with Crippen molar-refractivity contribution < 1.29 is 4.74 Å². The van der Waals surface area contributed by atoms with E-state index >= 15 is 0 Å². The molecule has 1 N–H and O–H groups in total. The van der Waals surface area contributed by atoms with Crippen LogP contribution in [0.25, 0.3) is 11.1 Å². The summed E-state index contributed by atoms with van der Waals surface area (Å²) in [4.78, 5) is 0. The van der Waals surface area contributed by atoms with Crippen molar-refractivity contribution in [3.05, 3.63) is 54.6 Å². The molecule has 0 amide bonds. The van der Waals surface area contributed by atoms with Gasteiger partial charge in [-0.1, -0.05) is 42.5 Å². The van der Waals surface area contributed by atoms with Crippen LogP contribution in [0, 0.1) is 0 Å². The lowest BCUT2D eigenvalue weighted by molar-refractivity contribution is 0.302. The molecular weight excluding hydrogens is 258 g/mol. The Hall–Kier alpha value is -1.80. The van der Waals surface area contributed by atoms with Crippen LogP contribution < -0.4 is 10.1 Å². The molecule has 112 valence electrons. The Labute approximate surface area is 128 Å². The van der Waals surface area contributed by atoms with Gasteiger partial charge in [0.2, 0.25) is 0 Å². The number of rotatable bonds is 8. The number of benzene rings is 2. The van der Waals surface area contributed by atoms with E-state index in [9.17, 15) is 0 Å². The summed E-state index contributed by atoms with van der Waals surface area (Å²) in [6, 6.07) is 19.3. The second-order valence-corrected chi connectivity index (χ2v) is 5.42. The minimum atomic E-state index is 0.593. The van der Waals surface area contributed by atoms with E-state index in [-0.39, 0.29) is 0 Å². The van der Waals surface area contributed by atoms with Crippen LogP contribution in [0.2, 0.25) is 0 Å². The molecule has 0 fully saturated rings. The summed E-state index contributed by atoms with van der Waals surface area (Å²) in [7, 11) is 2.01. The van der Waals surface area contributed by atoms with E-state index < -0.39 is 0 Å². The van der Waals surface area contributed by atoms with Crippen molar-refractivity contribution in [3.63, 3.8) is 0 Å². The third-order valence-corrected chi connectivity index (χ3v) is 3.75. The number of ether oxygens (including phenoxy) is 1. The maximum absolute atomic E-state index is 5.79. The van der Waals surface area contributed by atoms with E-state index in [0.717, 1.165) is 18.8 Å². The van der Waals surface area contributed by atoms with E-state index in [1.807, 2.05) is 13.1 Å². The summed E-state index contributed by atoms with van der Waals surface area (Å²) in [5.74, 6) is 0.955. The van der Waals surface area contributed by atoms with Gasteiger partial charge in [0, 0.05) is 6.04 Å². The first-order valence-electron chi connectivity index (χ1n) is 7.75. The van der Waals surface area contributed by atoms with Gasteiger partial charge in [0.05, 0.1) is 6.61 Å². The quantitative estimate of drug-likeness (QED) is 0.720. The van der Waals surface area contributed by atoms with Gasteiger partial charge in [0.25, 0.3) is 0 Å². The van der Waals surface area contributed by atoms with Crippen molar-refractivity contribution in [1.82, 2.24) is 5.32 Å². The maximum atomic E-state index is 5.79. The molecule has 2 heteroatoms. The molecule has 2 rings (SSSR count). The van der Waals surface area contributed by atoms with E-state index in [0.29, 0.717) is 6.04 Å². The van der Waals surface area contributed by atoms with Crippen molar-refractivity contribution >= 4 is 0 Å². The first-order valence-corrected chi connectivity index (χ1v) is 7.75. The highest BCUT2D eigenvalue weighted by Crippen LogP contribution is 2.22. The molecule has 0 bridgehead atoms. The zero-order chi connectivity index (χ0) is 14.9. The summed E-state index contributed by atoms with van der Waals surface area (Å²) >= 11 is 0. The van der Waals surface area contributed by atoms with Gasteiger partial charge in [-0.2, -0.15) is 0 Å². The van der Waals surface area contributed by atoms with Crippen molar-refractivity contribution in [3.8, 4) is 16.9 Å². The molecule has 2 aromatic carbocycles. The average molecular weight is 283 g/mol. The van der Waals surface area contributed by atoms with Gasteiger partial charge < -0.3 is 10.1 Å². The average Bonchev–Trinajstić information content (AvgIpc) is 2.55. The van der Waals surface area contributed by atoms with Crippen LogP contribution >= 0.6 is 0 Å². The molecule has 1 unspecified atom stereocenters. The van der Waals surface area contributed by atoms with Crippen molar-refractivity contribution in [2.45, 2.75) is 32.2 Å². The van der Waals surface area contributed by atoms with E-state index in [2.05, 4.69) is 60.8 Å². The molecule has 0 aliphatic rings. The summed E-state index contributed by atoms with van der Waals surface area (Å²) < 4.78 is 5.79. The minimum Gasteiger partial charge on any atom is -0.494 e. The molecule has 0 aromatic heterocycles. The fourth-order valence-corrected chi connectivity index (χ4v) is 2.26. The second-order valence-electron chi connectivity index (χ2n) is 5.42.